The molecule has 1 aromatic carbocycles. The number of hydrogen-bond acceptors (Lipinski definition) is 2. The van der Waals surface area contributed by atoms with Crippen LogP contribution in [0.4, 0.5) is 5.69 Å². The van der Waals surface area contributed by atoms with E-state index < -0.39 is 12.1 Å². The van der Waals surface area contributed by atoms with Gasteiger partial charge in [-0.3, -0.25) is 0 Å². The van der Waals surface area contributed by atoms with Crippen LogP contribution in [0.15, 0.2) is 29.3 Å². The first-order chi connectivity index (χ1) is 7.04. The van der Waals surface area contributed by atoms with E-state index in [9.17, 15) is 0 Å². The molecule has 0 aliphatic heterocycles. The van der Waals surface area contributed by atoms with Crippen molar-refractivity contribution in [2.75, 3.05) is 7.11 Å². The lowest BCUT2D eigenvalue weighted by Crippen LogP contribution is -1.79. The smallest absolute Gasteiger partial charge is 0.118 e. The quantitative estimate of drug-likeness (QED) is 0.366. The lowest BCUT2D eigenvalue weighted by molar-refractivity contribution is 0.415. The highest BCUT2D eigenvalue weighted by Gasteiger charge is 1.88. The van der Waals surface area contributed by atoms with E-state index in [-0.39, 0.29) is 23.5 Å². The van der Waals surface area contributed by atoms with Crippen molar-refractivity contribution in [2.24, 2.45) is 5.11 Å². The van der Waals surface area contributed by atoms with E-state index in [1.54, 1.807) is 0 Å². The van der Waals surface area contributed by atoms with Gasteiger partial charge in [-0.1, -0.05) is 5.11 Å². The fraction of sp³-hybridized carbons (Fsp3) is 0.143. The summed E-state index contributed by atoms with van der Waals surface area (Å²) >= 11 is 0. The van der Waals surface area contributed by atoms with Crippen LogP contribution in [-0.4, -0.2) is 7.11 Å². The van der Waals surface area contributed by atoms with Crippen molar-refractivity contribution < 1.29 is 10.2 Å². The summed E-state index contributed by atoms with van der Waals surface area (Å²) in [7, 11) is 1.25. The van der Waals surface area contributed by atoms with Crippen LogP contribution < -0.4 is 4.74 Å². The number of benzene rings is 1. The predicted molar refractivity (Wildman–Crippen MR) is 41.8 cm³/mol. The Morgan fingerprint density at radius 3 is 2.64 bits per heavy atom. The molecule has 0 radical (unpaired) electrons. The summed E-state index contributed by atoms with van der Waals surface area (Å²) in [5.41, 5.74) is 7.89. The molecule has 0 heterocycles. The van der Waals surface area contributed by atoms with Crippen LogP contribution in [0.25, 0.3) is 10.4 Å². The maximum Gasteiger partial charge on any atom is 0.118 e. The molecule has 4 heteroatoms. The van der Waals surface area contributed by atoms with Gasteiger partial charge in [0, 0.05) is 10.6 Å². The largest absolute Gasteiger partial charge is 0.497 e. The Balaban J connectivity index is 3.65. The minimum Gasteiger partial charge on any atom is -0.497 e. The Morgan fingerprint density at radius 1 is 1.55 bits per heavy atom. The van der Waals surface area contributed by atoms with Crippen molar-refractivity contribution in [1.82, 2.24) is 0 Å². The van der Waals surface area contributed by atoms with E-state index in [1.165, 1.54) is 7.11 Å². The molecule has 0 fully saturated rings. The van der Waals surface area contributed by atoms with E-state index in [4.69, 9.17) is 15.8 Å². The molecule has 1 aromatic rings. The summed E-state index contributed by atoms with van der Waals surface area (Å²) in [5, 5.41) is 3.11. The molecule has 4 nitrogen and oxygen atoms in total. The predicted octanol–water partition coefficient (Wildman–Crippen LogP) is 2.64. The first kappa shape index (κ1) is 3.64. The van der Waals surface area contributed by atoms with Gasteiger partial charge >= 0.3 is 0 Å². The highest BCUT2D eigenvalue weighted by molar-refractivity contribution is 5.40. The van der Waals surface area contributed by atoms with Gasteiger partial charge in [0.15, 0.2) is 0 Å². The molecule has 0 aromatic heterocycles. The second kappa shape index (κ2) is 3.49. The van der Waals surface area contributed by atoms with E-state index in [2.05, 4.69) is 10.0 Å². The second-order valence-corrected chi connectivity index (χ2v) is 1.57. The molecule has 56 valence electrons. The van der Waals surface area contributed by atoms with Crippen molar-refractivity contribution in [1.29, 1.82) is 0 Å². The van der Waals surface area contributed by atoms with Gasteiger partial charge in [-0.15, -0.1) is 0 Å². The van der Waals surface area contributed by atoms with E-state index in [0.717, 1.165) is 0 Å². The van der Waals surface area contributed by atoms with Crippen molar-refractivity contribution in [3.05, 3.63) is 34.6 Å². The molecule has 1 rings (SSSR count). The minimum absolute atomic E-state index is 0.165. The van der Waals surface area contributed by atoms with Crippen LogP contribution in [0.5, 0.6) is 5.75 Å². The minimum atomic E-state index is -0.411. The number of rotatable bonds is 2. The summed E-state index contributed by atoms with van der Waals surface area (Å²) in [6, 6.07) is -1.54. The van der Waals surface area contributed by atoms with Crippen LogP contribution in [0, 0.1) is 0 Å². The van der Waals surface area contributed by atoms with E-state index in [0.29, 0.717) is 0 Å². The molecule has 0 atom stereocenters. The van der Waals surface area contributed by atoms with Crippen LogP contribution >= 0.6 is 0 Å². The van der Waals surface area contributed by atoms with Crippen molar-refractivity contribution in [3.8, 4) is 5.75 Å². The maximum atomic E-state index is 8.21. The summed E-state index contributed by atoms with van der Waals surface area (Å²) < 4.78 is 34.5. The van der Waals surface area contributed by atoms with Crippen molar-refractivity contribution in [2.45, 2.75) is 0 Å². The van der Waals surface area contributed by atoms with Gasteiger partial charge in [0.05, 0.1) is 12.6 Å². The summed E-state index contributed by atoms with van der Waals surface area (Å²) in [5.74, 6) is -0.165. The zero-order valence-corrected chi connectivity index (χ0v) is 5.75. The molecule has 0 spiro atoms. The number of methoxy groups -OCH3 is 1. The Morgan fingerprint density at radius 2 is 2.18 bits per heavy atom. The molecule has 0 saturated heterocycles. The Bertz CT molecular complexity index is 427. The average Bonchev–Trinajstić information content (AvgIpc) is 2.23. The molecule has 0 amide bonds. The molecular weight excluding hydrogens is 142 g/mol. The van der Waals surface area contributed by atoms with Crippen molar-refractivity contribution in [3.63, 3.8) is 0 Å². The molecule has 0 saturated carbocycles. The van der Waals surface area contributed by atoms with Crippen LogP contribution in [0.3, 0.4) is 0 Å². The molecule has 0 aliphatic carbocycles. The number of azide groups is 1. The highest BCUT2D eigenvalue weighted by atomic mass is 16.5. The van der Waals surface area contributed by atoms with Gasteiger partial charge in [0.2, 0.25) is 0 Å². The van der Waals surface area contributed by atoms with Gasteiger partial charge in [-0.05, 0) is 29.7 Å². The fourth-order valence-corrected chi connectivity index (χ4v) is 0.491. The third-order valence-electron chi connectivity index (χ3n) is 0.938. The molecule has 0 aliphatic rings. The highest BCUT2D eigenvalue weighted by Crippen LogP contribution is 2.17. The van der Waals surface area contributed by atoms with Crippen LogP contribution in [0.2, 0.25) is 0 Å². The monoisotopic (exact) mass is 153 g/mol. The standard InChI is InChI=1S/C7H7N3O/c1-11-7-4-2-6(3-5-7)9-10-8/h2-5H,1H3/i2D,3D,4D,5D. The summed E-state index contributed by atoms with van der Waals surface area (Å²) in [4.78, 5) is 2.44. The lowest BCUT2D eigenvalue weighted by Gasteiger charge is -1.97. The summed E-state index contributed by atoms with van der Waals surface area (Å²) in [6.45, 7) is 0. The van der Waals surface area contributed by atoms with Crippen LogP contribution in [0.1, 0.15) is 5.48 Å². The Hall–Kier alpha value is -1.67. The summed E-state index contributed by atoms with van der Waals surface area (Å²) in [6.07, 6.45) is 0. The van der Waals surface area contributed by atoms with E-state index >= 15 is 0 Å². The third-order valence-corrected chi connectivity index (χ3v) is 0.938. The molecule has 11 heavy (non-hydrogen) atoms. The molecule has 0 bridgehead atoms. The lowest BCUT2D eigenvalue weighted by atomic mass is 10.3. The first-order valence-corrected chi connectivity index (χ1v) is 2.74. The van der Waals surface area contributed by atoms with E-state index in [1.807, 2.05) is 0 Å². The topological polar surface area (TPSA) is 58.0 Å². The Kier molecular flexibility index (Phi) is 1.15. The maximum absolute atomic E-state index is 8.21. The second-order valence-electron chi connectivity index (χ2n) is 1.57. The number of hydrogen-bond donors (Lipinski definition) is 0. The Labute approximate surface area is 69.7 Å². The SMILES string of the molecule is [2H]c1c([2H])c(OC)c([2H])c([2H])c1N=[N+]=[N-]. The fourth-order valence-electron chi connectivity index (χ4n) is 0.491. The molecule has 0 unspecified atom stereocenters. The molecule has 0 N–H and O–H groups in total. The van der Waals surface area contributed by atoms with Gasteiger partial charge in [0.25, 0.3) is 0 Å². The van der Waals surface area contributed by atoms with Gasteiger partial charge in [-0.2, -0.15) is 0 Å². The number of nitrogens with zero attached hydrogens (tertiary/aromatic N) is 3. The molecular formula is C7H7N3O. The zero-order valence-electron chi connectivity index (χ0n) is 9.75. The van der Waals surface area contributed by atoms with Gasteiger partial charge < -0.3 is 4.74 Å². The van der Waals surface area contributed by atoms with Crippen LogP contribution in [-0.2, 0) is 0 Å². The van der Waals surface area contributed by atoms with Gasteiger partial charge in [0.1, 0.15) is 5.75 Å². The number of ether oxygens (including phenoxy) is 1. The van der Waals surface area contributed by atoms with Crippen molar-refractivity contribution >= 4 is 5.69 Å². The van der Waals surface area contributed by atoms with Gasteiger partial charge in [-0.25, -0.2) is 0 Å². The average molecular weight is 153 g/mol. The zero-order chi connectivity index (χ0) is 11.6. The first-order valence-electron chi connectivity index (χ1n) is 4.74. The third kappa shape index (κ3) is 1.88. The normalized spacial score (nSPS) is 13.5.